The number of aromatic nitrogens is 3. The third-order valence-electron chi connectivity index (χ3n) is 5.50. The number of anilines is 1. The highest BCUT2D eigenvalue weighted by atomic mass is 32.1. The average molecular weight is 391 g/mol. The minimum atomic E-state index is -0.183. The first-order chi connectivity index (χ1) is 13.1. The number of hydrogen-bond donors (Lipinski definition) is 1. The molecule has 8 nitrogen and oxygen atoms in total. The predicted molar refractivity (Wildman–Crippen MR) is 106 cm³/mol. The molecule has 2 aliphatic rings. The van der Waals surface area contributed by atoms with Crippen molar-refractivity contribution in [2.45, 2.75) is 45.2 Å². The van der Waals surface area contributed by atoms with E-state index in [0.717, 1.165) is 63.5 Å². The maximum absolute atomic E-state index is 12.8. The second-order valence-corrected chi connectivity index (χ2v) is 8.27. The topological polar surface area (TPSA) is 83.4 Å². The van der Waals surface area contributed by atoms with E-state index in [4.69, 9.17) is 0 Å². The van der Waals surface area contributed by atoms with Gasteiger partial charge in [-0.05, 0) is 19.4 Å². The van der Waals surface area contributed by atoms with Gasteiger partial charge >= 0.3 is 0 Å². The molecule has 0 bridgehead atoms. The van der Waals surface area contributed by atoms with Crippen LogP contribution < -0.4 is 15.8 Å². The lowest BCUT2D eigenvalue weighted by Gasteiger charge is -2.33. The lowest BCUT2D eigenvalue weighted by atomic mass is 10.2. The van der Waals surface area contributed by atoms with E-state index < -0.39 is 0 Å². The largest absolute Gasteiger partial charge is 0.352 e. The lowest BCUT2D eigenvalue weighted by Crippen LogP contribution is -2.46. The molecule has 0 unspecified atom stereocenters. The molecule has 3 heterocycles. The quantitative estimate of drug-likeness (QED) is 0.822. The molecule has 1 saturated heterocycles. The van der Waals surface area contributed by atoms with E-state index in [0.29, 0.717) is 10.3 Å². The Labute approximate surface area is 162 Å². The molecule has 4 rings (SSSR count). The zero-order valence-corrected chi connectivity index (χ0v) is 16.5. The summed E-state index contributed by atoms with van der Waals surface area (Å²) >= 11 is 1.38. The highest BCUT2D eigenvalue weighted by Gasteiger charge is 2.21. The number of hydrogen-bond acceptors (Lipinski definition) is 7. The Balaban J connectivity index is 1.48. The predicted octanol–water partition coefficient (Wildman–Crippen LogP) is 1.05. The first-order valence-electron chi connectivity index (χ1n) is 9.76. The molecule has 0 radical (unpaired) electrons. The maximum Gasteiger partial charge on any atom is 0.273 e. The average Bonchev–Trinajstić information content (AvgIpc) is 3.34. The summed E-state index contributed by atoms with van der Waals surface area (Å²) in [5.74, 6) is -0.120. The van der Waals surface area contributed by atoms with Crippen LogP contribution in [0, 0.1) is 0 Å². The van der Waals surface area contributed by atoms with Gasteiger partial charge in [0.1, 0.15) is 17.6 Å². The molecular formula is C18H26N6O2S. The van der Waals surface area contributed by atoms with Crippen LogP contribution in [-0.2, 0) is 11.3 Å². The van der Waals surface area contributed by atoms with E-state index in [-0.39, 0.29) is 24.1 Å². The number of thiazole rings is 1. The number of nitrogens with one attached hydrogen (secondary N) is 1. The van der Waals surface area contributed by atoms with Crippen molar-refractivity contribution in [3.05, 3.63) is 16.7 Å². The van der Waals surface area contributed by atoms with Gasteiger partial charge in [0.2, 0.25) is 5.91 Å². The van der Waals surface area contributed by atoms with E-state index in [1.807, 2.05) is 0 Å². The number of carbonyl (C=O) groups excluding carboxylic acids is 1. The van der Waals surface area contributed by atoms with Gasteiger partial charge in [-0.15, -0.1) is 0 Å². The van der Waals surface area contributed by atoms with Gasteiger partial charge in [-0.1, -0.05) is 31.1 Å². The minimum absolute atomic E-state index is 0.0146. The summed E-state index contributed by atoms with van der Waals surface area (Å²) in [6, 6.07) is 0.252. The van der Waals surface area contributed by atoms with Crippen LogP contribution in [0.3, 0.4) is 0 Å². The summed E-state index contributed by atoms with van der Waals surface area (Å²) in [7, 11) is 0. The van der Waals surface area contributed by atoms with Crippen LogP contribution in [0.1, 0.15) is 32.6 Å². The van der Waals surface area contributed by atoms with Crippen LogP contribution >= 0.6 is 11.3 Å². The van der Waals surface area contributed by atoms with E-state index >= 15 is 0 Å². The van der Waals surface area contributed by atoms with Crippen LogP contribution in [0.15, 0.2) is 11.1 Å². The van der Waals surface area contributed by atoms with E-state index in [2.05, 4.69) is 32.0 Å². The van der Waals surface area contributed by atoms with E-state index in [1.54, 1.807) is 0 Å². The number of piperazine rings is 1. The summed E-state index contributed by atoms with van der Waals surface area (Å²) in [6.45, 7) is 7.07. The molecule has 2 aromatic rings. The molecule has 1 aliphatic heterocycles. The highest BCUT2D eigenvalue weighted by Crippen LogP contribution is 2.26. The molecule has 1 N–H and O–H groups in total. The highest BCUT2D eigenvalue weighted by molar-refractivity contribution is 7.22. The molecule has 0 atom stereocenters. The Morgan fingerprint density at radius 1 is 1.26 bits per heavy atom. The molecule has 2 aromatic heterocycles. The van der Waals surface area contributed by atoms with Gasteiger partial charge in [0, 0.05) is 32.2 Å². The maximum atomic E-state index is 12.8. The van der Waals surface area contributed by atoms with Crippen molar-refractivity contribution in [1.82, 2.24) is 24.8 Å². The van der Waals surface area contributed by atoms with Crippen LogP contribution in [0.5, 0.6) is 0 Å². The van der Waals surface area contributed by atoms with Crippen LogP contribution in [0.2, 0.25) is 0 Å². The summed E-state index contributed by atoms with van der Waals surface area (Å²) in [5.41, 5.74) is 0.294. The normalized spacial score (nSPS) is 19.1. The van der Waals surface area contributed by atoms with Gasteiger partial charge in [-0.25, -0.2) is 4.98 Å². The van der Waals surface area contributed by atoms with Gasteiger partial charge in [-0.3, -0.25) is 14.2 Å². The smallest absolute Gasteiger partial charge is 0.273 e. The Morgan fingerprint density at radius 3 is 2.70 bits per heavy atom. The van der Waals surface area contributed by atoms with Gasteiger partial charge in [0.15, 0.2) is 10.8 Å². The Kier molecular flexibility index (Phi) is 5.40. The fourth-order valence-electron chi connectivity index (χ4n) is 3.84. The standard InChI is InChI=1S/C18H26N6O2S/c1-2-22-7-9-23(10-8-22)18-21-16-15(27-18)17(26)24(12-19-16)11-14(25)20-13-5-3-4-6-13/h12-13H,2-11H2,1H3,(H,20,25). The molecular weight excluding hydrogens is 364 g/mol. The molecule has 0 spiro atoms. The molecule has 0 aromatic carbocycles. The van der Waals surface area contributed by atoms with Crippen LogP contribution in [0.25, 0.3) is 10.3 Å². The molecule has 2 fully saturated rings. The van der Waals surface area contributed by atoms with Gasteiger partial charge in [0.25, 0.3) is 5.56 Å². The van der Waals surface area contributed by atoms with Crippen LogP contribution in [0.4, 0.5) is 5.13 Å². The van der Waals surface area contributed by atoms with E-state index in [1.165, 1.54) is 22.2 Å². The first kappa shape index (κ1) is 18.4. The third-order valence-corrected chi connectivity index (χ3v) is 6.59. The lowest BCUT2D eigenvalue weighted by molar-refractivity contribution is -0.122. The monoisotopic (exact) mass is 390 g/mol. The number of likely N-dealkylation sites (N-methyl/N-ethyl adjacent to an activating group) is 1. The van der Waals surface area contributed by atoms with Crippen molar-refractivity contribution in [1.29, 1.82) is 0 Å². The van der Waals surface area contributed by atoms with Crippen LogP contribution in [-0.4, -0.2) is 64.1 Å². The number of amides is 1. The zero-order chi connectivity index (χ0) is 18.8. The van der Waals surface area contributed by atoms with Crippen molar-refractivity contribution in [3.63, 3.8) is 0 Å². The summed E-state index contributed by atoms with van der Waals surface area (Å²) in [5, 5.41) is 3.86. The molecule has 27 heavy (non-hydrogen) atoms. The number of fused-ring (bicyclic) bond motifs is 1. The number of nitrogens with zero attached hydrogens (tertiary/aromatic N) is 5. The number of rotatable bonds is 5. The van der Waals surface area contributed by atoms with Gasteiger partial charge in [-0.2, -0.15) is 4.98 Å². The van der Waals surface area contributed by atoms with Crippen molar-refractivity contribution in [2.24, 2.45) is 0 Å². The fraction of sp³-hybridized carbons (Fsp3) is 0.667. The second kappa shape index (κ2) is 7.93. The summed E-state index contributed by atoms with van der Waals surface area (Å²) in [4.78, 5) is 38.5. The van der Waals surface area contributed by atoms with Crippen molar-refractivity contribution in [2.75, 3.05) is 37.6 Å². The minimum Gasteiger partial charge on any atom is -0.352 e. The summed E-state index contributed by atoms with van der Waals surface area (Å²) < 4.78 is 1.92. The van der Waals surface area contributed by atoms with Crippen molar-refractivity contribution >= 4 is 32.7 Å². The van der Waals surface area contributed by atoms with Gasteiger partial charge < -0.3 is 15.1 Å². The fourth-order valence-corrected chi connectivity index (χ4v) is 4.86. The molecule has 146 valence electrons. The molecule has 1 aliphatic carbocycles. The zero-order valence-electron chi connectivity index (χ0n) is 15.7. The summed E-state index contributed by atoms with van der Waals surface area (Å²) in [6.07, 6.45) is 5.82. The van der Waals surface area contributed by atoms with E-state index in [9.17, 15) is 9.59 Å². The molecule has 9 heteroatoms. The molecule has 1 saturated carbocycles. The van der Waals surface area contributed by atoms with Gasteiger partial charge in [0.05, 0.1) is 0 Å². The van der Waals surface area contributed by atoms with Crippen molar-refractivity contribution < 1.29 is 4.79 Å². The number of carbonyl (C=O) groups is 1. The second-order valence-electron chi connectivity index (χ2n) is 7.30. The van der Waals surface area contributed by atoms with Crippen molar-refractivity contribution in [3.8, 4) is 0 Å². The SMILES string of the molecule is CCN1CCN(c2nc3ncn(CC(=O)NC4CCCC4)c(=O)c3s2)CC1. The Bertz CT molecular complexity index is 864. The molecule has 1 amide bonds. The third kappa shape index (κ3) is 3.98. The Hall–Kier alpha value is -2.00. The Morgan fingerprint density at radius 2 is 2.00 bits per heavy atom. The first-order valence-corrected chi connectivity index (χ1v) is 10.6.